The lowest BCUT2D eigenvalue weighted by molar-refractivity contribution is -0.140. The van der Waals surface area contributed by atoms with E-state index in [0.29, 0.717) is 18.7 Å². The lowest BCUT2D eigenvalue weighted by Crippen LogP contribution is -2.52. The number of carbonyl (C=O) groups is 2. The molecule has 7 nitrogen and oxygen atoms in total. The molecule has 0 saturated carbocycles. The number of hydrogen-bond donors (Lipinski definition) is 1. The van der Waals surface area contributed by atoms with E-state index in [4.69, 9.17) is 0 Å². The van der Waals surface area contributed by atoms with Crippen LogP contribution >= 0.6 is 15.9 Å². The topological polar surface area (TPSA) is 86.8 Å². The van der Waals surface area contributed by atoms with Crippen molar-refractivity contribution in [1.29, 1.82) is 0 Å². The second kappa shape index (κ2) is 12.2. The molecule has 0 radical (unpaired) electrons. The van der Waals surface area contributed by atoms with Crippen molar-refractivity contribution in [2.75, 3.05) is 23.7 Å². The van der Waals surface area contributed by atoms with Crippen LogP contribution in [0.15, 0.2) is 53.0 Å². The van der Waals surface area contributed by atoms with Gasteiger partial charge in [0.05, 0.1) is 11.9 Å². The van der Waals surface area contributed by atoms with Crippen molar-refractivity contribution in [1.82, 2.24) is 10.2 Å². The quantitative estimate of drug-likeness (QED) is 0.471. The maximum atomic E-state index is 13.5. The van der Waals surface area contributed by atoms with Crippen LogP contribution in [0.5, 0.6) is 0 Å². The number of nitrogens with zero attached hydrogens (tertiary/aromatic N) is 2. The van der Waals surface area contributed by atoms with Crippen LogP contribution in [0.3, 0.4) is 0 Å². The van der Waals surface area contributed by atoms with Gasteiger partial charge in [0.15, 0.2) is 0 Å². The van der Waals surface area contributed by atoms with Crippen molar-refractivity contribution < 1.29 is 18.0 Å². The fourth-order valence-electron chi connectivity index (χ4n) is 3.51. The van der Waals surface area contributed by atoms with Gasteiger partial charge in [-0.25, -0.2) is 8.42 Å². The number of amides is 2. The maximum absolute atomic E-state index is 13.5. The molecule has 0 aromatic heterocycles. The lowest BCUT2D eigenvalue weighted by Gasteiger charge is -2.33. The Hall–Kier alpha value is -2.39. The second-order valence-electron chi connectivity index (χ2n) is 7.97. The molecule has 0 fully saturated rings. The zero-order valence-electron chi connectivity index (χ0n) is 19.5. The minimum atomic E-state index is -3.74. The molecule has 2 rings (SSSR count). The number of nitrogens with one attached hydrogen (secondary N) is 1. The number of anilines is 1. The van der Waals surface area contributed by atoms with Crippen molar-refractivity contribution >= 4 is 43.5 Å². The van der Waals surface area contributed by atoms with Gasteiger partial charge in [-0.15, -0.1) is 0 Å². The molecule has 0 aliphatic carbocycles. The van der Waals surface area contributed by atoms with Crippen molar-refractivity contribution in [2.45, 2.75) is 46.2 Å². The van der Waals surface area contributed by atoms with Gasteiger partial charge in [-0.2, -0.15) is 0 Å². The zero-order chi connectivity index (χ0) is 24.6. The van der Waals surface area contributed by atoms with Gasteiger partial charge in [0.1, 0.15) is 12.6 Å². The van der Waals surface area contributed by atoms with E-state index >= 15 is 0 Å². The first kappa shape index (κ1) is 26.9. The molecule has 0 aliphatic heterocycles. The Morgan fingerprint density at radius 2 is 1.76 bits per heavy atom. The Labute approximate surface area is 205 Å². The molecular formula is C24H32BrN3O4S. The summed E-state index contributed by atoms with van der Waals surface area (Å²) in [6.07, 6.45) is 2.25. The highest BCUT2D eigenvalue weighted by Crippen LogP contribution is 2.22. The van der Waals surface area contributed by atoms with Crippen LogP contribution in [0.25, 0.3) is 0 Å². The van der Waals surface area contributed by atoms with Gasteiger partial charge in [-0.1, -0.05) is 59.6 Å². The summed E-state index contributed by atoms with van der Waals surface area (Å²) in [6.45, 7) is 6.07. The fraction of sp³-hybridized carbons (Fsp3) is 0.417. The third-order valence-corrected chi connectivity index (χ3v) is 6.83. The Kier molecular flexibility index (Phi) is 9.91. The average molecular weight is 539 g/mol. The number of benzene rings is 2. The number of halogens is 1. The molecule has 0 spiro atoms. The first-order chi connectivity index (χ1) is 15.6. The summed E-state index contributed by atoms with van der Waals surface area (Å²) in [6, 6.07) is 13.7. The normalized spacial score (nSPS) is 12.2. The van der Waals surface area contributed by atoms with E-state index in [0.717, 1.165) is 32.6 Å². The summed E-state index contributed by atoms with van der Waals surface area (Å²) in [4.78, 5) is 27.9. The molecule has 0 saturated heterocycles. The first-order valence-corrected chi connectivity index (χ1v) is 13.6. The smallest absolute Gasteiger partial charge is 0.244 e. The highest BCUT2D eigenvalue weighted by Gasteiger charge is 2.31. The molecular weight excluding hydrogens is 506 g/mol. The van der Waals surface area contributed by atoms with Crippen molar-refractivity contribution in [3.05, 3.63) is 64.1 Å². The van der Waals surface area contributed by atoms with Crippen molar-refractivity contribution in [3.63, 3.8) is 0 Å². The number of aryl methyl sites for hydroxylation is 1. The van der Waals surface area contributed by atoms with Crippen LogP contribution in [0.2, 0.25) is 0 Å². The van der Waals surface area contributed by atoms with Gasteiger partial charge < -0.3 is 10.2 Å². The van der Waals surface area contributed by atoms with E-state index in [1.54, 1.807) is 24.3 Å². The Morgan fingerprint density at radius 3 is 2.30 bits per heavy atom. The highest BCUT2D eigenvalue weighted by atomic mass is 79.9. The van der Waals surface area contributed by atoms with Crippen molar-refractivity contribution in [3.8, 4) is 0 Å². The summed E-state index contributed by atoms with van der Waals surface area (Å²) in [5.41, 5.74) is 2.30. The third-order valence-electron chi connectivity index (χ3n) is 5.16. The van der Waals surface area contributed by atoms with E-state index in [1.807, 2.05) is 45.0 Å². The molecule has 0 unspecified atom stereocenters. The van der Waals surface area contributed by atoms with Crippen LogP contribution in [-0.2, 0) is 26.2 Å². The van der Waals surface area contributed by atoms with Gasteiger partial charge in [0, 0.05) is 17.6 Å². The standard InChI is InChI=1S/C24H32BrN3O4S/c1-5-14-26-24(30)22(6-2)27(16-19-9-7-8-18(3)15-19)23(29)17-28(33(4,31)32)21-12-10-20(25)11-13-21/h7-13,15,22H,5-6,14,16-17H2,1-4H3,(H,26,30)/t22-/m0/s1. The summed E-state index contributed by atoms with van der Waals surface area (Å²) in [5, 5.41) is 2.87. The molecule has 33 heavy (non-hydrogen) atoms. The molecule has 2 aromatic rings. The van der Waals surface area contributed by atoms with Gasteiger partial charge in [0.25, 0.3) is 0 Å². The predicted octanol–water partition coefficient (Wildman–Crippen LogP) is 3.86. The second-order valence-corrected chi connectivity index (χ2v) is 10.8. The number of sulfonamides is 1. The van der Waals surface area contributed by atoms with Crippen molar-refractivity contribution in [2.24, 2.45) is 0 Å². The van der Waals surface area contributed by atoms with E-state index in [9.17, 15) is 18.0 Å². The monoisotopic (exact) mass is 537 g/mol. The fourth-order valence-corrected chi connectivity index (χ4v) is 4.63. The number of carbonyl (C=O) groups excluding carboxylic acids is 2. The molecule has 1 N–H and O–H groups in total. The van der Waals surface area contributed by atoms with E-state index < -0.39 is 28.5 Å². The minimum Gasteiger partial charge on any atom is -0.354 e. The summed E-state index contributed by atoms with van der Waals surface area (Å²) >= 11 is 3.34. The lowest BCUT2D eigenvalue weighted by atomic mass is 10.1. The molecule has 0 heterocycles. The summed E-state index contributed by atoms with van der Waals surface area (Å²) in [7, 11) is -3.74. The number of rotatable bonds is 11. The number of hydrogen-bond acceptors (Lipinski definition) is 4. The van der Waals surface area contributed by atoms with Crippen LogP contribution in [-0.4, -0.2) is 50.5 Å². The predicted molar refractivity (Wildman–Crippen MR) is 135 cm³/mol. The average Bonchev–Trinajstić information content (AvgIpc) is 2.75. The molecule has 9 heteroatoms. The summed E-state index contributed by atoms with van der Waals surface area (Å²) in [5.74, 6) is -0.682. The third kappa shape index (κ3) is 7.85. The van der Waals surface area contributed by atoms with Crippen LogP contribution < -0.4 is 9.62 Å². The molecule has 0 bridgehead atoms. The Morgan fingerprint density at radius 1 is 1.09 bits per heavy atom. The molecule has 0 aliphatic rings. The zero-order valence-corrected chi connectivity index (χ0v) is 21.9. The highest BCUT2D eigenvalue weighted by molar-refractivity contribution is 9.10. The van der Waals surface area contributed by atoms with Gasteiger partial charge >= 0.3 is 0 Å². The molecule has 180 valence electrons. The molecule has 1 atom stereocenters. The molecule has 2 aromatic carbocycles. The van der Waals surface area contributed by atoms with Gasteiger partial charge in [-0.05, 0) is 49.6 Å². The first-order valence-electron chi connectivity index (χ1n) is 10.9. The Balaban J connectivity index is 2.41. The van der Waals surface area contributed by atoms with Crippen LogP contribution in [0, 0.1) is 6.92 Å². The minimum absolute atomic E-state index is 0.205. The van der Waals surface area contributed by atoms with E-state index in [2.05, 4.69) is 21.2 Å². The van der Waals surface area contributed by atoms with E-state index in [1.165, 1.54) is 4.90 Å². The largest absolute Gasteiger partial charge is 0.354 e. The maximum Gasteiger partial charge on any atom is 0.244 e. The van der Waals surface area contributed by atoms with Crippen LogP contribution in [0.1, 0.15) is 37.8 Å². The van der Waals surface area contributed by atoms with E-state index in [-0.39, 0.29) is 12.5 Å². The SMILES string of the molecule is CCCNC(=O)[C@H](CC)N(Cc1cccc(C)c1)C(=O)CN(c1ccc(Br)cc1)S(C)(=O)=O. The molecule has 2 amide bonds. The van der Waals surface area contributed by atoms with Gasteiger partial charge in [-0.3, -0.25) is 13.9 Å². The summed E-state index contributed by atoms with van der Waals surface area (Å²) < 4.78 is 27.0. The van der Waals surface area contributed by atoms with Crippen LogP contribution in [0.4, 0.5) is 5.69 Å². The van der Waals surface area contributed by atoms with Gasteiger partial charge in [0.2, 0.25) is 21.8 Å². The Bertz CT molecular complexity index is 1060.